The van der Waals surface area contributed by atoms with Gasteiger partial charge in [-0.3, -0.25) is 4.79 Å². The summed E-state index contributed by atoms with van der Waals surface area (Å²) in [6, 6.07) is 7.16. The summed E-state index contributed by atoms with van der Waals surface area (Å²) in [5.41, 5.74) is 0.664. The van der Waals surface area contributed by atoms with Crippen LogP contribution in [0.3, 0.4) is 0 Å². The number of rotatable bonds is 3. The summed E-state index contributed by atoms with van der Waals surface area (Å²) in [7, 11) is 0. The summed E-state index contributed by atoms with van der Waals surface area (Å²) < 4.78 is 5.31. The number of hydrogen-bond donors (Lipinski definition) is 1. The SMILES string of the molecule is CC(O)(c1ccc(C=O)cc1)C1CCOCC1. The van der Waals surface area contributed by atoms with Crippen LogP contribution in [0.5, 0.6) is 0 Å². The third-order valence-electron chi connectivity index (χ3n) is 3.65. The number of carbonyl (C=O) groups is 1. The van der Waals surface area contributed by atoms with Crippen LogP contribution in [-0.2, 0) is 10.3 Å². The minimum atomic E-state index is -0.842. The normalized spacial score (nSPS) is 20.8. The minimum absolute atomic E-state index is 0.221. The van der Waals surface area contributed by atoms with Crippen molar-refractivity contribution in [2.75, 3.05) is 13.2 Å². The molecule has 1 heterocycles. The molecule has 1 aliphatic rings. The van der Waals surface area contributed by atoms with Crippen molar-refractivity contribution in [1.29, 1.82) is 0 Å². The van der Waals surface area contributed by atoms with E-state index >= 15 is 0 Å². The molecule has 1 aromatic carbocycles. The Morgan fingerprint density at radius 3 is 2.41 bits per heavy atom. The van der Waals surface area contributed by atoms with Crippen LogP contribution < -0.4 is 0 Å². The van der Waals surface area contributed by atoms with Gasteiger partial charge < -0.3 is 9.84 Å². The molecule has 0 saturated carbocycles. The number of aliphatic hydroxyl groups is 1. The number of hydrogen-bond acceptors (Lipinski definition) is 3. The fourth-order valence-corrected chi connectivity index (χ4v) is 2.39. The lowest BCUT2D eigenvalue weighted by Gasteiger charge is -2.36. The number of carbonyl (C=O) groups excluding carboxylic acids is 1. The Kier molecular flexibility index (Phi) is 3.60. The zero-order chi connectivity index (χ0) is 12.3. The van der Waals surface area contributed by atoms with Crippen molar-refractivity contribution >= 4 is 6.29 Å². The monoisotopic (exact) mass is 234 g/mol. The minimum Gasteiger partial charge on any atom is -0.385 e. The van der Waals surface area contributed by atoms with Gasteiger partial charge in [-0.15, -0.1) is 0 Å². The van der Waals surface area contributed by atoms with Gasteiger partial charge in [-0.1, -0.05) is 24.3 Å². The van der Waals surface area contributed by atoms with E-state index in [2.05, 4.69) is 0 Å². The largest absolute Gasteiger partial charge is 0.385 e. The molecule has 0 radical (unpaired) electrons. The van der Waals surface area contributed by atoms with Crippen LogP contribution >= 0.6 is 0 Å². The first-order chi connectivity index (χ1) is 8.14. The topological polar surface area (TPSA) is 46.5 Å². The van der Waals surface area contributed by atoms with Gasteiger partial charge >= 0.3 is 0 Å². The molecule has 17 heavy (non-hydrogen) atoms. The third kappa shape index (κ3) is 2.56. The van der Waals surface area contributed by atoms with E-state index in [0.717, 1.165) is 24.7 Å². The standard InChI is InChI=1S/C14H18O3/c1-14(16,13-6-8-17-9-7-13)12-4-2-11(10-15)3-5-12/h2-5,10,13,16H,6-9H2,1H3. The zero-order valence-corrected chi connectivity index (χ0v) is 10.1. The molecule has 3 nitrogen and oxygen atoms in total. The van der Waals surface area contributed by atoms with Crippen LogP contribution in [0.15, 0.2) is 24.3 Å². The van der Waals surface area contributed by atoms with Gasteiger partial charge in [0, 0.05) is 18.8 Å². The van der Waals surface area contributed by atoms with Gasteiger partial charge in [0.25, 0.3) is 0 Å². The predicted molar refractivity (Wildman–Crippen MR) is 64.9 cm³/mol. The number of aldehydes is 1. The van der Waals surface area contributed by atoms with Crippen molar-refractivity contribution in [3.63, 3.8) is 0 Å². The van der Waals surface area contributed by atoms with Crippen LogP contribution in [0, 0.1) is 5.92 Å². The molecule has 1 atom stereocenters. The van der Waals surface area contributed by atoms with Gasteiger partial charge in [0.1, 0.15) is 6.29 Å². The summed E-state index contributed by atoms with van der Waals surface area (Å²) in [6.07, 6.45) is 2.57. The highest BCUT2D eigenvalue weighted by Gasteiger charge is 2.34. The van der Waals surface area contributed by atoms with E-state index in [0.29, 0.717) is 18.8 Å². The van der Waals surface area contributed by atoms with Gasteiger partial charge in [0.05, 0.1) is 5.60 Å². The fourth-order valence-electron chi connectivity index (χ4n) is 2.39. The Balaban J connectivity index is 2.19. The van der Waals surface area contributed by atoms with E-state index in [1.54, 1.807) is 12.1 Å². The van der Waals surface area contributed by atoms with Crippen molar-refractivity contribution in [2.24, 2.45) is 5.92 Å². The molecule has 1 aliphatic heterocycles. The molecule has 3 heteroatoms. The number of ether oxygens (including phenoxy) is 1. The Bertz CT molecular complexity index is 375. The summed E-state index contributed by atoms with van der Waals surface area (Å²) >= 11 is 0. The summed E-state index contributed by atoms with van der Waals surface area (Å²) in [6.45, 7) is 3.28. The van der Waals surface area contributed by atoms with Crippen LogP contribution in [0.25, 0.3) is 0 Å². The molecule has 0 spiro atoms. The Morgan fingerprint density at radius 2 is 1.88 bits per heavy atom. The van der Waals surface area contributed by atoms with Crippen LogP contribution in [-0.4, -0.2) is 24.6 Å². The van der Waals surface area contributed by atoms with E-state index in [-0.39, 0.29) is 5.92 Å². The number of benzene rings is 1. The molecule has 1 N–H and O–H groups in total. The van der Waals surface area contributed by atoms with Gasteiger partial charge in [-0.2, -0.15) is 0 Å². The van der Waals surface area contributed by atoms with E-state index in [9.17, 15) is 9.90 Å². The molecular weight excluding hydrogens is 216 g/mol. The Hall–Kier alpha value is -1.19. The fraction of sp³-hybridized carbons (Fsp3) is 0.500. The quantitative estimate of drug-likeness (QED) is 0.815. The first-order valence-corrected chi connectivity index (χ1v) is 6.00. The maximum atomic E-state index is 10.6. The molecule has 1 aromatic rings. The maximum absolute atomic E-state index is 10.6. The molecule has 1 unspecified atom stereocenters. The molecule has 0 aliphatic carbocycles. The smallest absolute Gasteiger partial charge is 0.150 e. The molecule has 1 saturated heterocycles. The summed E-state index contributed by atoms with van der Waals surface area (Å²) in [5.74, 6) is 0.221. The van der Waals surface area contributed by atoms with Gasteiger partial charge in [-0.05, 0) is 31.2 Å². The van der Waals surface area contributed by atoms with Gasteiger partial charge in [-0.25, -0.2) is 0 Å². The Labute approximate surface area is 101 Å². The molecular formula is C14H18O3. The van der Waals surface area contributed by atoms with Crippen molar-refractivity contribution in [3.05, 3.63) is 35.4 Å². The van der Waals surface area contributed by atoms with Crippen molar-refractivity contribution < 1.29 is 14.6 Å². The highest BCUT2D eigenvalue weighted by atomic mass is 16.5. The second-order valence-electron chi connectivity index (χ2n) is 4.77. The van der Waals surface area contributed by atoms with Crippen molar-refractivity contribution in [2.45, 2.75) is 25.4 Å². The average molecular weight is 234 g/mol. The molecule has 2 rings (SSSR count). The van der Waals surface area contributed by atoms with Gasteiger partial charge in [0.2, 0.25) is 0 Å². The molecule has 92 valence electrons. The lowest BCUT2D eigenvalue weighted by atomic mass is 9.78. The van der Waals surface area contributed by atoms with Crippen LogP contribution in [0.4, 0.5) is 0 Å². The lowest BCUT2D eigenvalue weighted by molar-refractivity contribution is -0.0579. The summed E-state index contributed by atoms with van der Waals surface area (Å²) in [4.78, 5) is 10.6. The van der Waals surface area contributed by atoms with E-state index in [1.165, 1.54) is 0 Å². The van der Waals surface area contributed by atoms with Crippen molar-refractivity contribution in [1.82, 2.24) is 0 Å². The Morgan fingerprint density at radius 1 is 1.29 bits per heavy atom. The highest BCUT2D eigenvalue weighted by molar-refractivity contribution is 5.74. The first-order valence-electron chi connectivity index (χ1n) is 6.00. The molecule has 0 aromatic heterocycles. The highest BCUT2D eigenvalue weighted by Crippen LogP contribution is 2.35. The van der Waals surface area contributed by atoms with Crippen molar-refractivity contribution in [3.8, 4) is 0 Å². The molecule has 1 fully saturated rings. The third-order valence-corrected chi connectivity index (χ3v) is 3.65. The predicted octanol–water partition coefficient (Wildman–Crippen LogP) is 2.13. The maximum Gasteiger partial charge on any atom is 0.150 e. The van der Waals surface area contributed by atoms with E-state index < -0.39 is 5.60 Å². The van der Waals surface area contributed by atoms with E-state index in [4.69, 9.17) is 4.74 Å². The second-order valence-corrected chi connectivity index (χ2v) is 4.77. The van der Waals surface area contributed by atoms with Crippen LogP contribution in [0.2, 0.25) is 0 Å². The second kappa shape index (κ2) is 4.98. The zero-order valence-electron chi connectivity index (χ0n) is 10.1. The molecule has 0 amide bonds. The average Bonchev–Trinajstić information content (AvgIpc) is 2.40. The van der Waals surface area contributed by atoms with E-state index in [1.807, 2.05) is 19.1 Å². The first kappa shape index (κ1) is 12.3. The van der Waals surface area contributed by atoms with Crippen LogP contribution in [0.1, 0.15) is 35.7 Å². The molecule has 0 bridgehead atoms. The lowest BCUT2D eigenvalue weighted by Crippen LogP contribution is -2.35. The summed E-state index contributed by atoms with van der Waals surface area (Å²) in [5, 5.41) is 10.6. The van der Waals surface area contributed by atoms with Gasteiger partial charge in [0.15, 0.2) is 0 Å².